The average Bonchev–Trinajstić information content (AvgIpc) is 3.98. The van der Waals surface area contributed by atoms with Crippen LogP contribution in [-0.2, 0) is 0 Å². The smallest absolute Gasteiger partial charge is 0.124 e. The summed E-state index contributed by atoms with van der Waals surface area (Å²) in [5, 5.41) is 6.13. The van der Waals surface area contributed by atoms with Crippen LogP contribution in [0.1, 0.15) is 0 Å². The lowest BCUT2D eigenvalue weighted by Crippen LogP contribution is -2.11. The number of para-hydroxylation sites is 1. The molecule has 0 radical (unpaired) electrons. The highest BCUT2D eigenvalue weighted by molar-refractivity contribution is 7.25. The first kappa shape index (κ1) is 31.4. The first-order valence-corrected chi connectivity index (χ1v) is 20.5. The number of aromatic nitrogens is 1. The molecule has 0 spiro atoms. The van der Waals surface area contributed by atoms with Crippen LogP contribution in [0.2, 0.25) is 0 Å². The van der Waals surface area contributed by atoms with E-state index in [1.165, 1.54) is 67.7 Å². The van der Waals surface area contributed by atoms with E-state index in [2.05, 4.69) is 187 Å². The third-order valence-corrected chi connectivity index (χ3v) is 13.7. The molecule has 2 aromatic heterocycles. The summed E-state index contributed by atoms with van der Waals surface area (Å²) in [6, 6.07) is 66.4. The Kier molecular flexibility index (Phi) is 7.44. The molecule has 1 aliphatic carbocycles. The molecule has 54 heavy (non-hydrogen) atoms. The molecular weight excluding hydrogens is 713 g/mol. The van der Waals surface area contributed by atoms with Gasteiger partial charge in [-0.05, 0) is 112 Å². The maximum absolute atomic E-state index is 4.96. The maximum atomic E-state index is 4.96. The van der Waals surface area contributed by atoms with Crippen LogP contribution in [0.4, 0.5) is 17.1 Å². The highest BCUT2D eigenvalue weighted by Crippen LogP contribution is 2.48. The standard InChI is InChI=1S/C49H30N2S3/c1-2-10-38-32(8-1)20-27-42(48(38)47-29-21-33-9-7-15-43(33)52-47)51(37-25-18-34(19-26-37)49-50-41-12-4-6-14-46(41)54-49)36-23-16-31(17-24-36)35-22-28-45-40(30-35)39-11-3-5-13-44(39)53-45/h1-30H. The molecule has 0 atom stereocenters. The minimum absolute atomic E-state index is 1.03. The Hall–Kier alpha value is -6.11. The second-order valence-electron chi connectivity index (χ2n) is 13.6. The van der Waals surface area contributed by atoms with Gasteiger partial charge in [0.1, 0.15) is 5.01 Å². The highest BCUT2D eigenvalue weighted by atomic mass is 32.1. The molecule has 5 heteroatoms. The Morgan fingerprint density at radius 1 is 0.389 bits per heavy atom. The maximum Gasteiger partial charge on any atom is 0.124 e. The van der Waals surface area contributed by atoms with Gasteiger partial charge in [0.05, 0.1) is 15.9 Å². The van der Waals surface area contributed by atoms with Crippen LogP contribution in [0, 0.1) is 0 Å². The van der Waals surface area contributed by atoms with Crippen molar-refractivity contribution in [2.24, 2.45) is 0 Å². The number of hydrogen-bond acceptors (Lipinski definition) is 5. The van der Waals surface area contributed by atoms with Crippen LogP contribution in [0.15, 0.2) is 182 Å². The molecular formula is C49H30N2S3. The van der Waals surface area contributed by atoms with E-state index in [1.807, 2.05) is 22.7 Å². The lowest BCUT2D eigenvalue weighted by atomic mass is 9.98. The van der Waals surface area contributed by atoms with Gasteiger partial charge < -0.3 is 4.90 Å². The van der Waals surface area contributed by atoms with E-state index in [9.17, 15) is 0 Å². The van der Waals surface area contributed by atoms with Crippen molar-refractivity contribution in [3.05, 3.63) is 182 Å². The number of nitrogens with zero attached hydrogens (tertiary/aromatic N) is 2. The van der Waals surface area contributed by atoms with Gasteiger partial charge >= 0.3 is 0 Å². The largest absolute Gasteiger partial charge is 0.310 e. The molecule has 0 amide bonds. The zero-order chi connectivity index (χ0) is 35.6. The van der Waals surface area contributed by atoms with Gasteiger partial charge in [-0.2, -0.15) is 0 Å². The summed E-state index contributed by atoms with van der Waals surface area (Å²) in [4.78, 5) is 9.91. The SMILES string of the molecule is c1cc2ccc(-c3c(N(c4ccc(-c5ccc6sc7ccccc7c6c5)cc4)c4ccc(-c5nc6ccccc6s5)cc4)ccc4ccccc34)sc-2c1. The number of hydrogen-bond donors (Lipinski definition) is 0. The van der Waals surface area contributed by atoms with E-state index in [0.717, 1.165) is 33.1 Å². The van der Waals surface area contributed by atoms with Crippen molar-refractivity contribution in [3.63, 3.8) is 0 Å². The van der Waals surface area contributed by atoms with Crippen LogP contribution >= 0.6 is 34.0 Å². The Balaban J connectivity index is 1.08. The summed E-state index contributed by atoms with van der Waals surface area (Å²) in [5.74, 6) is 0. The summed E-state index contributed by atoms with van der Waals surface area (Å²) in [6.07, 6.45) is 0. The first-order valence-electron chi connectivity index (χ1n) is 18.0. The minimum atomic E-state index is 1.03. The minimum Gasteiger partial charge on any atom is -0.310 e. The molecule has 0 saturated heterocycles. The van der Waals surface area contributed by atoms with Crippen LogP contribution in [0.3, 0.4) is 0 Å². The molecule has 2 aliphatic rings. The molecule has 11 rings (SSSR count). The van der Waals surface area contributed by atoms with Gasteiger partial charge in [0.2, 0.25) is 0 Å². The van der Waals surface area contributed by atoms with E-state index in [4.69, 9.17) is 4.98 Å². The number of rotatable bonds is 6. The first-order chi connectivity index (χ1) is 26.7. The monoisotopic (exact) mass is 742 g/mol. The number of thiazole rings is 1. The predicted octanol–water partition coefficient (Wildman–Crippen LogP) is 15.5. The highest BCUT2D eigenvalue weighted by Gasteiger charge is 2.21. The third-order valence-electron chi connectivity index (χ3n) is 10.3. The van der Waals surface area contributed by atoms with Crippen molar-refractivity contribution in [1.29, 1.82) is 0 Å². The average molecular weight is 743 g/mol. The predicted molar refractivity (Wildman–Crippen MR) is 236 cm³/mol. The van der Waals surface area contributed by atoms with Gasteiger partial charge in [0, 0.05) is 52.4 Å². The van der Waals surface area contributed by atoms with Crippen molar-refractivity contribution < 1.29 is 0 Å². The number of anilines is 3. The number of fused-ring (bicyclic) bond motifs is 6. The molecule has 0 saturated carbocycles. The van der Waals surface area contributed by atoms with Crippen molar-refractivity contribution in [2.75, 3.05) is 4.90 Å². The molecule has 7 aromatic carbocycles. The Morgan fingerprint density at radius 3 is 1.91 bits per heavy atom. The van der Waals surface area contributed by atoms with Crippen molar-refractivity contribution >= 4 is 92.2 Å². The van der Waals surface area contributed by atoms with E-state index in [0.29, 0.717) is 0 Å². The van der Waals surface area contributed by atoms with Crippen LogP contribution in [0.25, 0.3) is 83.7 Å². The molecule has 0 N–H and O–H groups in total. The summed E-state index contributed by atoms with van der Waals surface area (Å²) in [7, 11) is 0. The van der Waals surface area contributed by atoms with E-state index < -0.39 is 0 Å². The van der Waals surface area contributed by atoms with Gasteiger partial charge in [0.15, 0.2) is 0 Å². The normalized spacial score (nSPS) is 11.7. The van der Waals surface area contributed by atoms with Crippen molar-refractivity contribution in [2.45, 2.75) is 0 Å². The van der Waals surface area contributed by atoms with Crippen LogP contribution in [-0.4, -0.2) is 4.98 Å². The van der Waals surface area contributed by atoms with E-state index >= 15 is 0 Å². The molecule has 0 unspecified atom stereocenters. The Labute approximate surface area is 324 Å². The lowest BCUT2D eigenvalue weighted by molar-refractivity contribution is 1.29. The fourth-order valence-electron chi connectivity index (χ4n) is 7.69. The van der Waals surface area contributed by atoms with Gasteiger partial charge in [-0.15, -0.1) is 34.0 Å². The second kappa shape index (κ2) is 12.8. The quantitative estimate of drug-likeness (QED) is 0.169. The third kappa shape index (κ3) is 5.32. The Bertz CT molecular complexity index is 3080. The molecule has 0 bridgehead atoms. The second-order valence-corrected chi connectivity index (χ2v) is 16.7. The molecule has 0 fully saturated rings. The summed E-state index contributed by atoms with van der Waals surface area (Å²) in [5.41, 5.74) is 10.4. The van der Waals surface area contributed by atoms with Gasteiger partial charge in [-0.3, -0.25) is 0 Å². The van der Waals surface area contributed by atoms with Gasteiger partial charge in [0.25, 0.3) is 0 Å². The fourth-order valence-corrected chi connectivity index (χ4v) is 10.8. The number of thiophene rings is 1. The van der Waals surface area contributed by atoms with Gasteiger partial charge in [-0.1, -0.05) is 97.1 Å². The lowest BCUT2D eigenvalue weighted by Gasteiger charge is -2.29. The summed E-state index contributed by atoms with van der Waals surface area (Å²) in [6.45, 7) is 0. The molecule has 3 heterocycles. The summed E-state index contributed by atoms with van der Waals surface area (Å²) >= 11 is 5.45. The molecule has 2 nitrogen and oxygen atoms in total. The van der Waals surface area contributed by atoms with Crippen LogP contribution < -0.4 is 4.90 Å². The topological polar surface area (TPSA) is 16.1 Å². The Morgan fingerprint density at radius 2 is 1.07 bits per heavy atom. The molecule has 1 aliphatic heterocycles. The zero-order valence-electron chi connectivity index (χ0n) is 28.9. The molecule has 9 aromatic rings. The number of benzene rings is 7. The van der Waals surface area contributed by atoms with E-state index in [1.54, 1.807) is 11.3 Å². The van der Waals surface area contributed by atoms with E-state index in [-0.39, 0.29) is 0 Å². The van der Waals surface area contributed by atoms with Crippen LogP contribution in [0.5, 0.6) is 0 Å². The van der Waals surface area contributed by atoms with Crippen molar-refractivity contribution in [3.8, 4) is 42.6 Å². The van der Waals surface area contributed by atoms with Crippen molar-refractivity contribution in [1.82, 2.24) is 4.98 Å². The fraction of sp³-hybridized carbons (Fsp3) is 0. The van der Waals surface area contributed by atoms with Gasteiger partial charge in [-0.25, -0.2) is 4.98 Å². The zero-order valence-corrected chi connectivity index (χ0v) is 31.4. The molecule has 254 valence electrons. The summed E-state index contributed by atoms with van der Waals surface area (Å²) < 4.78 is 3.85.